The van der Waals surface area contributed by atoms with Crippen molar-refractivity contribution in [3.8, 4) is 0 Å². The monoisotopic (exact) mass is 256 g/mol. The SMILES string of the molecule is Cc1ccc([C@@H](CO)N2CCNCC2)c(F)c1F. The topological polar surface area (TPSA) is 35.5 Å². The molecule has 1 aliphatic rings. The van der Waals surface area contributed by atoms with Crippen LogP contribution in [-0.4, -0.2) is 42.8 Å². The zero-order valence-corrected chi connectivity index (χ0v) is 10.4. The summed E-state index contributed by atoms with van der Waals surface area (Å²) in [6.45, 7) is 4.36. The van der Waals surface area contributed by atoms with Gasteiger partial charge in [-0.1, -0.05) is 12.1 Å². The molecule has 100 valence electrons. The van der Waals surface area contributed by atoms with Crippen LogP contribution < -0.4 is 5.32 Å². The minimum absolute atomic E-state index is 0.209. The smallest absolute Gasteiger partial charge is 0.163 e. The number of benzene rings is 1. The minimum atomic E-state index is -0.840. The highest BCUT2D eigenvalue weighted by molar-refractivity contribution is 5.28. The van der Waals surface area contributed by atoms with Gasteiger partial charge in [0.1, 0.15) is 0 Å². The van der Waals surface area contributed by atoms with Gasteiger partial charge in [-0.2, -0.15) is 0 Å². The van der Waals surface area contributed by atoms with Crippen LogP contribution in [0.5, 0.6) is 0 Å². The summed E-state index contributed by atoms with van der Waals surface area (Å²) in [5.74, 6) is -1.66. The van der Waals surface area contributed by atoms with E-state index in [9.17, 15) is 13.9 Å². The van der Waals surface area contributed by atoms with Crippen LogP contribution in [-0.2, 0) is 0 Å². The highest BCUT2D eigenvalue weighted by atomic mass is 19.2. The van der Waals surface area contributed by atoms with Crippen molar-refractivity contribution in [2.24, 2.45) is 0 Å². The van der Waals surface area contributed by atoms with Gasteiger partial charge in [0, 0.05) is 31.7 Å². The van der Waals surface area contributed by atoms with E-state index in [1.165, 1.54) is 6.92 Å². The summed E-state index contributed by atoms with van der Waals surface area (Å²) in [6, 6.07) is 2.65. The molecule has 0 amide bonds. The molecule has 1 aromatic rings. The van der Waals surface area contributed by atoms with Crippen LogP contribution in [0.4, 0.5) is 8.78 Å². The molecule has 18 heavy (non-hydrogen) atoms. The number of nitrogens with zero attached hydrogens (tertiary/aromatic N) is 1. The number of aliphatic hydroxyl groups is 1. The molecule has 1 aromatic carbocycles. The number of hydrogen-bond acceptors (Lipinski definition) is 3. The van der Waals surface area contributed by atoms with E-state index in [1.807, 2.05) is 4.90 Å². The van der Waals surface area contributed by atoms with Crippen molar-refractivity contribution < 1.29 is 13.9 Å². The largest absolute Gasteiger partial charge is 0.394 e. The first kappa shape index (κ1) is 13.4. The second-order valence-corrected chi connectivity index (χ2v) is 4.58. The number of hydrogen-bond donors (Lipinski definition) is 2. The summed E-state index contributed by atoms with van der Waals surface area (Å²) < 4.78 is 27.5. The maximum atomic E-state index is 13.9. The molecule has 0 bridgehead atoms. The second kappa shape index (κ2) is 5.73. The van der Waals surface area contributed by atoms with Crippen LogP contribution >= 0.6 is 0 Å². The minimum Gasteiger partial charge on any atom is -0.394 e. The fraction of sp³-hybridized carbons (Fsp3) is 0.538. The Morgan fingerprint density at radius 1 is 1.28 bits per heavy atom. The molecule has 0 radical (unpaired) electrons. The summed E-state index contributed by atoms with van der Waals surface area (Å²) in [5, 5.41) is 12.7. The fourth-order valence-electron chi connectivity index (χ4n) is 2.32. The Balaban J connectivity index is 2.29. The van der Waals surface area contributed by atoms with Crippen LogP contribution in [0, 0.1) is 18.6 Å². The Kier molecular flexibility index (Phi) is 4.27. The molecule has 0 spiro atoms. The van der Waals surface area contributed by atoms with E-state index >= 15 is 0 Å². The molecule has 1 fully saturated rings. The van der Waals surface area contributed by atoms with Crippen molar-refractivity contribution in [2.45, 2.75) is 13.0 Å². The van der Waals surface area contributed by atoms with E-state index in [4.69, 9.17) is 0 Å². The lowest BCUT2D eigenvalue weighted by atomic mass is 10.0. The standard InChI is InChI=1S/C13H18F2N2O/c1-9-2-3-10(13(15)12(9)14)11(8-18)17-6-4-16-5-7-17/h2-3,11,16,18H,4-8H2,1H3/t11-/m1/s1. The normalized spacial score (nSPS) is 18.9. The Morgan fingerprint density at radius 2 is 1.94 bits per heavy atom. The predicted molar refractivity (Wildman–Crippen MR) is 65.4 cm³/mol. The maximum Gasteiger partial charge on any atom is 0.163 e. The van der Waals surface area contributed by atoms with Crippen LogP contribution in [0.25, 0.3) is 0 Å². The number of nitrogens with one attached hydrogen (secondary N) is 1. The first-order chi connectivity index (χ1) is 8.65. The van der Waals surface area contributed by atoms with E-state index in [2.05, 4.69) is 5.32 Å². The number of rotatable bonds is 3. The van der Waals surface area contributed by atoms with Gasteiger partial charge in [-0.15, -0.1) is 0 Å². The molecule has 0 unspecified atom stereocenters. The summed E-state index contributed by atoms with van der Waals surface area (Å²) in [5.41, 5.74) is 0.524. The van der Waals surface area contributed by atoms with Gasteiger partial charge in [0.05, 0.1) is 12.6 Å². The predicted octanol–water partition coefficient (Wildman–Crippen LogP) is 1.21. The summed E-state index contributed by atoms with van der Waals surface area (Å²) in [6.07, 6.45) is 0. The van der Waals surface area contributed by atoms with Crippen molar-refractivity contribution in [3.05, 3.63) is 34.9 Å². The number of piperazine rings is 1. The van der Waals surface area contributed by atoms with E-state index in [1.54, 1.807) is 12.1 Å². The van der Waals surface area contributed by atoms with Crippen molar-refractivity contribution in [1.29, 1.82) is 0 Å². The molecule has 0 aromatic heterocycles. The van der Waals surface area contributed by atoms with Crippen molar-refractivity contribution in [3.63, 3.8) is 0 Å². The first-order valence-electron chi connectivity index (χ1n) is 6.15. The van der Waals surface area contributed by atoms with Gasteiger partial charge in [0.25, 0.3) is 0 Å². The Labute approximate surface area is 105 Å². The van der Waals surface area contributed by atoms with Crippen molar-refractivity contribution >= 4 is 0 Å². The van der Waals surface area contributed by atoms with Crippen LogP contribution in [0.1, 0.15) is 17.2 Å². The fourth-order valence-corrected chi connectivity index (χ4v) is 2.32. The van der Waals surface area contributed by atoms with E-state index in [0.29, 0.717) is 0 Å². The van der Waals surface area contributed by atoms with Gasteiger partial charge in [-0.05, 0) is 12.5 Å². The molecule has 3 nitrogen and oxygen atoms in total. The lowest BCUT2D eigenvalue weighted by molar-refractivity contribution is 0.108. The average Bonchev–Trinajstić information content (AvgIpc) is 2.41. The molecule has 1 saturated heterocycles. The Morgan fingerprint density at radius 3 is 2.56 bits per heavy atom. The van der Waals surface area contributed by atoms with Gasteiger partial charge < -0.3 is 10.4 Å². The van der Waals surface area contributed by atoms with Gasteiger partial charge in [0.2, 0.25) is 0 Å². The Bertz CT molecular complexity index is 420. The third kappa shape index (κ3) is 2.53. The molecule has 2 N–H and O–H groups in total. The van der Waals surface area contributed by atoms with Crippen LogP contribution in [0.15, 0.2) is 12.1 Å². The average molecular weight is 256 g/mol. The molecule has 1 atom stereocenters. The van der Waals surface area contributed by atoms with Gasteiger partial charge in [-0.3, -0.25) is 4.90 Å². The molecular weight excluding hydrogens is 238 g/mol. The van der Waals surface area contributed by atoms with Gasteiger partial charge in [0.15, 0.2) is 11.6 Å². The molecule has 1 aliphatic heterocycles. The first-order valence-corrected chi connectivity index (χ1v) is 6.15. The highest BCUT2D eigenvalue weighted by Gasteiger charge is 2.25. The van der Waals surface area contributed by atoms with E-state index in [0.717, 1.165) is 26.2 Å². The molecule has 1 heterocycles. The van der Waals surface area contributed by atoms with Gasteiger partial charge >= 0.3 is 0 Å². The Hall–Kier alpha value is -1.04. The van der Waals surface area contributed by atoms with Crippen molar-refractivity contribution in [2.75, 3.05) is 32.8 Å². The highest BCUT2D eigenvalue weighted by Crippen LogP contribution is 2.26. The quantitative estimate of drug-likeness (QED) is 0.853. The van der Waals surface area contributed by atoms with E-state index in [-0.39, 0.29) is 17.7 Å². The molecule has 5 heteroatoms. The van der Waals surface area contributed by atoms with Crippen molar-refractivity contribution in [1.82, 2.24) is 10.2 Å². The molecule has 0 saturated carbocycles. The second-order valence-electron chi connectivity index (χ2n) is 4.58. The van der Waals surface area contributed by atoms with Crippen LogP contribution in [0.3, 0.4) is 0 Å². The summed E-state index contributed by atoms with van der Waals surface area (Å²) >= 11 is 0. The number of aryl methyl sites for hydroxylation is 1. The lowest BCUT2D eigenvalue weighted by Gasteiger charge is -2.34. The third-order valence-electron chi connectivity index (χ3n) is 3.43. The zero-order chi connectivity index (χ0) is 13.1. The summed E-state index contributed by atoms with van der Waals surface area (Å²) in [4.78, 5) is 1.98. The molecule has 2 rings (SSSR count). The zero-order valence-electron chi connectivity index (χ0n) is 10.4. The lowest BCUT2D eigenvalue weighted by Crippen LogP contribution is -2.46. The third-order valence-corrected chi connectivity index (χ3v) is 3.43. The number of aliphatic hydroxyl groups excluding tert-OH is 1. The molecular formula is C13H18F2N2O. The maximum absolute atomic E-state index is 13.9. The summed E-state index contributed by atoms with van der Waals surface area (Å²) in [7, 11) is 0. The number of halogens is 2. The molecule has 0 aliphatic carbocycles. The van der Waals surface area contributed by atoms with Crippen LogP contribution in [0.2, 0.25) is 0 Å². The van der Waals surface area contributed by atoms with E-state index < -0.39 is 17.7 Å². The van der Waals surface area contributed by atoms with Gasteiger partial charge in [-0.25, -0.2) is 8.78 Å².